The van der Waals surface area contributed by atoms with Gasteiger partial charge in [0.2, 0.25) is 0 Å². The fraction of sp³-hybridized carbons (Fsp3) is 1.00. The first-order valence-electron chi connectivity index (χ1n) is 3.31. The van der Waals surface area contributed by atoms with Crippen molar-refractivity contribution in [2.45, 2.75) is 45.7 Å². The summed E-state index contributed by atoms with van der Waals surface area (Å²) in [5.41, 5.74) is -0.908. The summed E-state index contributed by atoms with van der Waals surface area (Å²) in [6, 6.07) is 0. The summed E-state index contributed by atoms with van der Waals surface area (Å²) in [6.07, 6.45) is 2.28. The molecule has 0 N–H and O–H groups in total. The molecule has 0 amide bonds. The molecule has 0 saturated carbocycles. The zero-order valence-corrected chi connectivity index (χ0v) is 6.00. The van der Waals surface area contributed by atoms with Gasteiger partial charge in [-0.05, 0) is 19.8 Å². The highest BCUT2D eigenvalue weighted by molar-refractivity contribution is 4.68. The van der Waals surface area contributed by atoms with Gasteiger partial charge in [0.1, 0.15) is 5.67 Å². The summed E-state index contributed by atoms with van der Waals surface area (Å²) in [5.74, 6) is 0. The summed E-state index contributed by atoms with van der Waals surface area (Å²) in [5, 5.41) is 0. The zero-order chi connectivity index (χ0) is 6.62. The summed E-state index contributed by atoms with van der Waals surface area (Å²) < 4.78 is 12.8. The Morgan fingerprint density at radius 2 is 1.88 bits per heavy atom. The zero-order valence-electron chi connectivity index (χ0n) is 6.00. The van der Waals surface area contributed by atoms with Gasteiger partial charge in [-0.15, -0.1) is 0 Å². The van der Waals surface area contributed by atoms with E-state index in [9.17, 15) is 4.39 Å². The molecule has 0 saturated heterocycles. The maximum atomic E-state index is 12.8. The van der Waals surface area contributed by atoms with Gasteiger partial charge in [-0.3, -0.25) is 0 Å². The van der Waals surface area contributed by atoms with Crippen molar-refractivity contribution in [2.24, 2.45) is 0 Å². The summed E-state index contributed by atoms with van der Waals surface area (Å²) >= 11 is 0. The Balaban J connectivity index is 3.37. The minimum atomic E-state index is -0.908. The lowest BCUT2D eigenvalue weighted by Gasteiger charge is -2.15. The Bertz CT molecular complexity index is 57.4. The third-order valence-corrected chi connectivity index (χ3v) is 1.51. The van der Waals surface area contributed by atoms with E-state index < -0.39 is 5.67 Å². The lowest BCUT2D eigenvalue weighted by atomic mass is 10.0. The van der Waals surface area contributed by atoms with Crippen molar-refractivity contribution < 1.29 is 4.39 Å². The van der Waals surface area contributed by atoms with Crippen LogP contribution >= 0.6 is 0 Å². The number of hydrogen-bond donors (Lipinski definition) is 0. The van der Waals surface area contributed by atoms with E-state index in [1.54, 1.807) is 6.92 Å². The van der Waals surface area contributed by atoms with Crippen LogP contribution in [0.3, 0.4) is 0 Å². The van der Waals surface area contributed by atoms with Gasteiger partial charge >= 0.3 is 0 Å². The maximum absolute atomic E-state index is 12.8. The van der Waals surface area contributed by atoms with Crippen LogP contribution < -0.4 is 0 Å². The van der Waals surface area contributed by atoms with Gasteiger partial charge in [0.15, 0.2) is 0 Å². The molecule has 1 atom stereocenters. The highest BCUT2D eigenvalue weighted by atomic mass is 19.1. The van der Waals surface area contributed by atoms with Crippen molar-refractivity contribution in [3.8, 4) is 0 Å². The molecule has 0 fully saturated rings. The van der Waals surface area contributed by atoms with E-state index in [-0.39, 0.29) is 0 Å². The summed E-state index contributed by atoms with van der Waals surface area (Å²) in [4.78, 5) is 0. The minimum absolute atomic E-state index is 0.640. The second-order valence-corrected chi connectivity index (χ2v) is 2.52. The largest absolute Gasteiger partial charge is 0.244 e. The molecule has 0 unspecified atom stereocenters. The molecule has 0 heterocycles. The molecule has 0 radical (unpaired) electrons. The average Bonchev–Trinajstić information content (AvgIpc) is 1.67. The van der Waals surface area contributed by atoms with E-state index in [0.717, 1.165) is 6.42 Å². The molecule has 1 heteroatoms. The fourth-order valence-corrected chi connectivity index (χ4v) is 0.698. The van der Waals surface area contributed by atoms with Gasteiger partial charge in [-0.25, -0.2) is 4.39 Å². The predicted molar refractivity (Wildman–Crippen MR) is 34.7 cm³/mol. The van der Waals surface area contributed by atoms with Crippen LogP contribution in [0.4, 0.5) is 4.39 Å². The smallest absolute Gasteiger partial charge is 0.108 e. The van der Waals surface area contributed by atoms with Gasteiger partial charge in [0, 0.05) is 0 Å². The van der Waals surface area contributed by atoms with Gasteiger partial charge in [-0.2, -0.15) is 0 Å². The van der Waals surface area contributed by atoms with Crippen molar-refractivity contribution in [1.82, 2.24) is 0 Å². The first kappa shape index (κ1) is 7.93. The molecule has 8 heavy (non-hydrogen) atoms. The summed E-state index contributed by atoms with van der Waals surface area (Å²) in [7, 11) is 0. The van der Waals surface area contributed by atoms with E-state index in [1.165, 1.54) is 0 Å². The molecule has 0 aromatic rings. The van der Waals surface area contributed by atoms with Crippen molar-refractivity contribution >= 4 is 0 Å². The highest BCUT2D eigenvalue weighted by Gasteiger charge is 2.17. The normalized spacial score (nSPS) is 18.0. The van der Waals surface area contributed by atoms with Crippen LogP contribution in [0.1, 0.15) is 40.0 Å². The second kappa shape index (κ2) is 3.06. The second-order valence-electron chi connectivity index (χ2n) is 2.52. The maximum Gasteiger partial charge on any atom is 0.108 e. The molecule has 0 rings (SSSR count). The lowest BCUT2D eigenvalue weighted by molar-refractivity contribution is 0.167. The summed E-state index contributed by atoms with van der Waals surface area (Å²) in [6.45, 7) is 5.56. The van der Waals surface area contributed by atoms with Gasteiger partial charge in [-0.1, -0.05) is 20.3 Å². The Labute approximate surface area is 51.1 Å². The molecule has 0 aliphatic carbocycles. The highest BCUT2D eigenvalue weighted by Crippen LogP contribution is 2.20. The molecule has 0 bridgehead atoms. The fourth-order valence-electron chi connectivity index (χ4n) is 0.698. The van der Waals surface area contributed by atoms with E-state index in [2.05, 4.69) is 0 Å². The van der Waals surface area contributed by atoms with Crippen molar-refractivity contribution in [1.29, 1.82) is 0 Å². The Morgan fingerprint density at radius 3 is 2.00 bits per heavy atom. The Kier molecular flexibility index (Phi) is 3.03. The van der Waals surface area contributed by atoms with Crippen molar-refractivity contribution in [3.05, 3.63) is 0 Å². The van der Waals surface area contributed by atoms with E-state index >= 15 is 0 Å². The van der Waals surface area contributed by atoms with Crippen LogP contribution in [0, 0.1) is 0 Å². The number of alkyl halides is 1. The Hall–Kier alpha value is -0.0700. The molecule has 0 aliphatic heterocycles. The lowest BCUT2D eigenvalue weighted by Crippen LogP contribution is -2.14. The van der Waals surface area contributed by atoms with Crippen LogP contribution in [0.2, 0.25) is 0 Å². The quantitative estimate of drug-likeness (QED) is 0.534. The van der Waals surface area contributed by atoms with Crippen LogP contribution in [-0.2, 0) is 0 Å². The molecule has 50 valence electrons. The van der Waals surface area contributed by atoms with Crippen molar-refractivity contribution in [2.75, 3.05) is 0 Å². The average molecular weight is 118 g/mol. The molecule has 0 spiro atoms. The topological polar surface area (TPSA) is 0 Å². The van der Waals surface area contributed by atoms with E-state index in [1.807, 2.05) is 13.8 Å². The number of rotatable bonds is 3. The van der Waals surface area contributed by atoms with Crippen molar-refractivity contribution in [3.63, 3.8) is 0 Å². The van der Waals surface area contributed by atoms with Crippen LogP contribution in [-0.4, -0.2) is 5.67 Å². The minimum Gasteiger partial charge on any atom is -0.244 e. The molecule has 0 nitrogen and oxygen atoms in total. The standard InChI is InChI=1S/C7H15F/c1-4-6-7(3,8)5-2/h4-6H2,1-3H3/t7-/m0/s1. The first-order valence-corrected chi connectivity index (χ1v) is 3.31. The van der Waals surface area contributed by atoms with E-state index in [0.29, 0.717) is 12.8 Å². The monoisotopic (exact) mass is 118 g/mol. The number of halogens is 1. The predicted octanol–water partition coefficient (Wildman–Crippen LogP) is 2.92. The van der Waals surface area contributed by atoms with Gasteiger partial charge in [0.25, 0.3) is 0 Å². The van der Waals surface area contributed by atoms with E-state index in [4.69, 9.17) is 0 Å². The third-order valence-electron chi connectivity index (χ3n) is 1.51. The SMILES string of the molecule is CCC[C@@](C)(F)CC. The molecule has 0 aromatic heterocycles. The molecule has 0 aromatic carbocycles. The Morgan fingerprint density at radius 1 is 1.38 bits per heavy atom. The van der Waals surface area contributed by atoms with Crippen LogP contribution in [0.5, 0.6) is 0 Å². The van der Waals surface area contributed by atoms with Gasteiger partial charge in [0.05, 0.1) is 0 Å². The third kappa shape index (κ3) is 3.00. The van der Waals surface area contributed by atoms with Gasteiger partial charge < -0.3 is 0 Å². The molecular formula is C7H15F. The first-order chi connectivity index (χ1) is 3.62. The molecule has 0 aliphatic rings. The van der Waals surface area contributed by atoms with Crippen LogP contribution in [0.25, 0.3) is 0 Å². The molecular weight excluding hydrogens is 103 g/mol. The van der Waals surface area contributed by atoms with Crippen LogP contribution in [0.15, 0.2) is 0 Å². The number of hydrogen-bond acceptors (Lipinski definition) is 0.